The Labute approximate surface area is 114 Å². The van der Waals surface area contributed by atoms with Gasteiger partial charge in [0.1, 0.15) is 5.82 Å². The number of benzene rings is 1. The molecule has 4 heteroatoms. The highest BCUT2D eigenvalue weighted by atomic mass is 79.9. The third-order valence-electron chi connectivity index (χ3n) is 2.76. The summed E-state index contributed by atoms with van der Waals surface area (Å²) in [6, 6.07) is 8.67. The summed E-state index contributed by atoms with van der Waals surface area (Å²) in [4.78, 5) is 4.26. The van der Waals surface area contributed by atoms with Crippen molar-refractivity contribution in [3.8, 4) is 0 Å². The van der Waals surface area contributed by atoms with Crippen molar-refractivity contribution in [3.63, 3.8) is 0 Å². The van der Waals surface area contributed by atoms with Crippen LogP contribution in [0.4, 0.5) is 4.39 Å². The van der Waals surface area contributed by atoms with E-state index in [0.29, 0.717) is 10.9 Å². The zero-order valence-corrected chi connectivity index (χ0v) is 11.6. The molecule has 0 amide bonds. The predicted octanol–water partition coefficient (Wildman–Crippen LogP) is 3.53. The van der Waals surface area contributed by atoms with Gasteiger partial charge in [-0.2, -0.15) is 0 Å². The fourth-order valence-corrected chi connectivity index (χ4v) is 2.21. The van der Waals surface area contributed by atoms with Crippen LogP contribution in [0.25, 0.3) is 0 Å². The van der Waals surface area contributed by atoms with Gasteiger partial charge in [0.2, 0.25) is 0 Å². The Morgan fingerprint density at radius 1 is 1.33 bits per heavy atom. The summed E-state index contributed by atoms with van der Waals surface area (Å²) < 4.78 is 13.6. The minimum Gasteiger partial charge on any atom is -0.322 e. The van der Waals surface area contributed by atoms with Crippen molar-refractivity contribution in [2.24, 2.45) is 5.73 Å². The fourth-order valence-electron chi connectivity index (χ4n) is 1.79. The van der Waals surface area contributed by atoms with E-state index >= 15 is 0 Å². The molecule has 18 heavy (non-hydrogen) atoms. The van der Waals surface area contributed by atoms with E-state index in [0.717, 1.165) is 16.8 Å². The lowest BCUT2D eigenvalue weighted by Crippen LogP contribution is -2.15. The summed E-state index contributed by atoms with van der Waals surface area (Å²) in [7, 11) is 0. The predicted molar refractivity (Wildman–Crippen MR) is 73.7 cm³/mol. The molecule has 1 aromatic carbocycles. The van der Waals surface area contributed by atoms with Crippen LogP contribution in [0, 0.1) is 12.7 Å². The maximum absolute atomic E-state index is 13.1. The van der Waals surface area contributed by atoms with Crippen molar-refractivity contribution >= 4 is 15.9 Å². The van der Waals surface area contributed by atoms with Gasteiger partial charge in [-0.1, -0.05) is 6.07 Å². The third kappa shape index (κ3) is 3.15. The van der Waals surface area contributed by atoms with E-state index in [9.17, 15) is 4.39 Å². The molecule has 2 N–H and O–H groups in total. The standard InChI is InChI=1S/C14H14BrFN2/c1-9-4-5-18-14(6-9)13(17)8-10-2-3-12(16)11(15)7-10/h2-7,13H,8,17H2,1H3. The molecule has 1 aromatic heterocycles. The summed E-state index contributed by atoms with van der Waals surface area (Å²) in [5.74, 6) is -0.263. The molecule has 0 radical (unpaired) electrons. The molecule has 94 valence electrons. The van der Waals surface area contributed by atoms with Crippen molar-refractivity contribution in [3.05, 3.63) is 63.6 Å². The van der Waals surface area contributed by atoms with Crippen LogP contribution in [0.5, 0.6) is 0 Å². The lowest BCUT2D eigenvalue weighted by molar-refractivity contribution is 0.618. The number of pyridine rings is 1. The molecule has 2 nitrogen and oxygen atoms in total. The quantitative estimate of drug-likeness (QED) is 0.942. The Morgan fingerprint density at radius 2 is 2.11 bits per heavy atom. The molecule has 2 rings (SSSR count). The van der Waals surface area contributed by atoms with Crippen molar-refractivity contribution in [2.75, 3.05) is 0 Å². The largest absolute Gasteiger partial charge is 0.322 e. The Kier molecular flexibility index (Phi) is 4.09. The first-order valence-electron chi connectivity index (χ1n) is 5.68. The number of halogens is 2. The molecule has 1 unspecified atom stereocenters. The molecule has 0 spiro atoms. The van der Waals surface area contributed by atoms with E-state index in [1.807, 2.05) is 19.1 Å². The van der Waals surface area contributed by atoms with Crippen molar-refractivity contribution in [1.82, 2.24) is 4.98 Å². The van der Waals surface area contributed by atoms with Crippen LogP contribution in [-0.2, 0) is 6.42 Å². The Hall–Kier alpha value is -1.26. The van der Waals surface area contributed by atoms with Gasteiger partial charge >= 0.3 is 0 Å². The third-order valence-corrected chi connectivity index (χ3v) is 3.36. The van der Waals surface area contributed by atoms with Crippen LogP contribution in [0.2, 0.25) is 0 Å². The highest BCUT2D eigenvalue weighted by molar-refractivity contribution is 9.10. The van der Waals surface area contributed by atoms with Gasteiger partial charge in [0.25, 0.3) is 0 Å². The first-order valence-corrected chi connectivity index (χ1v) is 6.47. The summed E-state index contributed by atoms with van der Waals surface area (Å²) >= 11 is 3.17. The topological polar surface area (TPSA) is 38.9 Å². The molecule has 0 aliphatic rings. The van der Waals surface area contributed by atoms with Crippen LogP contribution in [0.1, 0.15) is 22.9 Å². The van der Waals surface area contributed by atoms with Gasteiger partial charge in [0, 0.05) is 6.20 Å². The Bertz CT molecular complexity index is 557. The van der Waals surface area contributed by atoms with E-state index in [4.69, 9.17) is 5.73 Å². The molecule has 2 aromatic rings. The summed E-state index contributed by atoms with van der Waals surface area (Å²) in [5.41, 5.74) is 9.09. The van der Waals surface area contributed by atoms with Gasteiger partial charge in [0.05, 0.1) is 16.2 Å². The maximum Gasteiger partial charge on any atom is 0.137 e. The van der Waals surface area contributed by atoms with Gasteiger partial charge < -0.3 is 5.73 Å². The average molecular weight is 309 g/mol. The van der Waals surface area contributed by atoms with Crippen LogP contribution in [-0.4, -0.2) is 4.98 Å². The first kappa shape index (κ1) is 13.2. The van der Waals surface area contributed by atoms with E-state index in [2.05, 4.69) is 20.9 Å². The Balaban J connectivity index is 2.16. The lowest BCUT2D eigenvalue weighted by Gasteiger charge is -2.12. The zero-order chi connectivity index (χ0) is 13.1. The normalized spacial score (nSPS) is 12.4. The number of rotatable bonds is 3. The van der Waals surface area contributed by atoms with Gasteiger partial charge in [0.15, 0.2) is 0 Å². The second-order valence-electron chi connectivity index (χ2n) is 4.32. The van der Waals surface area contributed by atoms with Gasteiger partial charge in [-0.3, -0.25) is 4.98 Å². The van der Waals surface area contributed by atoms with E-state index in [1.54, 1.807) is 18.3 Å². The summed E-state index contributed by atoms with van der Waals surface area (Å²) in [6.07, 6.45) is 2.39. The molecular weight excluding hydrogens is 295 g/mol. The maximum atomic E-state index is 13.1. The molecule has 1 heterocycles. The fraction of sp³-hybridized carbons (Fsp3) is 0.214. The molecular formula is C14H14BrFN2. The molecule has 0 saturated heterocycles. The minimum atomic E-state index is -0.263. The molecule has 1 atom stereocenters. The SMILES string of the molecule is Cc1ccnc(C(N)Cc2ccc(F)c(Br)c2)c1. The van der Waals surface area contributed by atoms with Gasteiger partial charge in [-0.05, 0) is 64.7 Å². The highest BCUT2D eigenvalue weighted by Gasteiger charge is 2.10. The van der Waals surface area contributed by atoms with Crippen molar-refractivity contribution < 1.29 is 4.39 Å². The number of nitrogens with zero attached hydrogens (tertiary/aromatic N) is 1. The monoisotopic (exact) mass is 308 g/mol. The average Bonchev–Trinajstić information content (AvgIpc) is 2.34. The van der Waals surface area contributed by atoms with Crippen LogP contribution in [0.15, 0.2) is 41.0 Å². The number of aryl methyl sites for hydroxylation is 1. The molecule has 0 fully saturated rings. The van der Waals surface area contributed by atoms with Gasteiger partial charge in [-0.15, -0.1) is 0 Å². The van der Waals surface area contributed by atoms with Crippen molar-refractivity contribution in [2.45, 2.75) is 19.4 Å². The van der Waals surface area contributed by atoms with E-state index in [1.165, 1.54) is 6.07 Å². The summed E-state index contributed by atoms with van der Waals surface area (Å²) in [5, 5.41) is 0. The molecule has 0 bridgehead atoms. The smallest absolute Gasteiger partial charge is 0.137 e. The second kappa shape index (κ2) is 5.59. The summed E-state index contributed by atoms with van der Waals surface area (Å²) in [6.45, 7) is 2.01. The van der Waals surface area contributed by atoms with Gasteiger partial charge in [-0.25, -0.2) is 4.39 Å². The first-order chi connectivity index (χ1) is 8.56. The molecule has 0 aliphatic heterocycles. The number of hydrogen-bond donors (Lipinski definition) is 1. The Morgan fingerprint density at radius 3 is 2.78 bits per heavy atom. The van der Waals surface area contributed by atoms with E-state index < -0.39 is 0 Å². The second-order valence-corrected chi connectivity index (χ2v) is 5.17. The van der Waals surface area contributed by atoms with Crippen LogP contribution in [0.3, 0.4) is 0 Å². The highest BCUT2D eigenvalue weighted by Crippen LogP contribution is 2.20. The van der Waals surface area contributed by atoms with Crippen molar-refractivity contribution in [1.29, 1.82) is 0 Å². The zero-order valence-electron chi connectivity index (χ0n) is 10.0. The number of nitrogens with two attached hydrogens (primary N) is 1. The van der Waals surface area contributed by atoms with Crippen LogP contribution >= 0.6 is 15.9 Å². The lowest BCUT2D eigenvalue weighted by atomic mass is 10.0. The number of aromatic nitrogens is 1. The molecule has 0 aliphatic carbocycles. The van der Waals surface area contributed by atoms with Crippen LogP contribution < -0.4 is 5.73 Å². The van der Waals surface area contributed by atoms with E-state index in [-0.39, 0.29) is 11.9 Å². The number of hydrogen-bond acceptors (Lipinski definition) is 2. The minimum absolute atomic E-state index is 0.178. The molecule has 0 saturated carbocycles.